The van der Waals surface area contributed by atoms with Crippen LogP contribution < -0.4 is 4.90 Å². The Morgan fingerprint density at radius 3 is 1.36 bits per heavy atom. The second kappa shape index (κ2) is 14.2. The molecule has 0 N–H and O–H groups in total. The molecule has 0 amide bonds. The van der Waals surface area contributed by atoms with E-state index in [1.807, 2.05) is 0 Å². The molecular formula is C55H39N. The van der Waals surface area contributed by atoms with E-state index in [1.54, 1.807) is 0 Å². The molecule has 0 unspecified atom stereocenters. The summed E-state index contributed by atoms with van der Waals surface area (Å²) < 4.78 is 0. The highest BCUT2D eigenvalue weighted by Crippen LogP contribution is 2.59. The van der Waals surface area contributed by atoms with Gasteiger partial charge in [-0.25, -0.2) is 0 Å². The predicted molar refractivity (Wildman–Crippen MR) is 235 cm³/mol. The molecular weight excluding hydrogens is 675 g/mol. The molecule has 1 nitrogen and oxygen atoms in total. The van der Waals surface area contributed by atoms with Gasteiger partial charge in [-0.05, 0) is 97.6 Å². The van der Waals surface area contributed by atoms with Crippen LogP contribution in [0.1, 0.15) is 22.3 Å². The Labute approximate surface area is 329 Å². The van der Waals surface area contributed by atoms with Crippen LogP contribution in [-0.2, 0) is 5.41 Å². The third-order valence-corrected chi connectivity index (χ3v) is 11.4. The van der Waals surface area contributed by atoms with Gasteiger partial charge < -0.3 is 4.90 Å². The van der Waals surface area contributed by atoms with Crippen LogP contribution in [-0.4, -0.2) is 0 Å². The summed E-state index contributed by atoms with van der Waals surface area (Å²) in [4.78, 5) is 2.42. The largest absolute Gasteiger partial charge is 0.310 e. The van der Waals surface area contributed by atoms with Gasteiger partial charge in [0.2, 0.25) is 0 Å². The van der Waals surface area contributed by atoms with Gasteiger partial charge in [0.15, 0.2) is 0 Å². The molecule has 0 aliphatic heterocycles. The third-order valence-electron chi connectivity index (χ3n) is 11.4. The average Bonchev–Trinajstić information content (AvgIpc) is 3.60. The van der Waals surface area contributed by atoms with E-state index in [4.69, 9.17) is 0 Å². The Morgan fingerprint density at radius 2 is 0.732 bits per heavy atom. The van der Waals surface area contributed by atoms with E-state index in [9.17, 15) is 0 Å². The van der Waals surface area contributed by atoms with Gasteiger partial charge in [0.1, 0.15) is 0 Å². The first kappa shape index (κ1) is 33.4. The molecule has 1 aliphatic rings. The van der Waals surface area contributed by atoms with Gasteiger partial charge in [-0.15, -0.1) is 0 Å². The second-order valence-electron chi connectivity index (χ2n) is 14.4. The van der Waals surface area contributed by atoms with Gasteiger partial charge in [-0.2, -0.15) is 0 Å². The molecule has 0 aromatic heterocycles. The van der Waals surface area contributed by atoms with Gasteiger partial charge in [0.05, 0.1) is 11.1 Å². The lowest BCUT2D eigenvalue weighted by Crippen LogP contribution is -2.28. The van der Waals surface area contributed by atoms with Crippen molar-refractivity contribution in [3.63, 3.8) is 0 Å². The fraction of sp³-hybridized carbons (Fsp3) is 0.0182. The van der Waals surface area contributed by atoms with E-state index in [0.29, 0.717) is 0 Å². The Hall–Kier alpha value is -7.22. The molecule has 264 valence electrons. The first-order chi connectivity index (χ1) is 27.8. The molecule has 0 atom stereocenters. The Bertz CT molecular complexity index is 2720. The number of nitrogens with zero attached hydrogens (tertiary/aromatic N) is 1. The molecule has 1 heteroatoms. The average molecular weight is 714 g/mol. The quantitative estimate of drug-likeness (QED) is 0.152. The molecule has 9 aromatic rings. The van der Waals surface area contributed by atoms with E-state index in [-0.39, 0.29) is 0 Å². The summed E-state index contributed by atoms with van der Waals surface area (Å²) >= 11 is 0. The molecule has 0 spiro atoms. The van der Waals surface area contributed by atoms with E-state index in [2.05, 4.69) is 241 Å². The molecule has 0 saturated heterocycles. The zero-order chi connectivity index (χ0) is 37.3. The van der Waals surface area contributed by atoms with E-state index < -0.39 is 5.41 Å². The van der Waals surface area contributed by atoms with Crippen molar-refractivity contribution < 1.29 is 0 Å². The van der Waals surface area contributed by atoms with Gasteiger partial charge in [0.25, 0.3) is 0 Å². The molecule has 0 fully saturated rings. The van der Waals surface area contributed by atoms with Crippen molar-refractivity contribution in [1.82, 2.24) is 0 Å². The van der Waals surface area contributed by atoms with E-state index >= 15 is 0 Å². The van der Waals surface area contributed by atoms with Crippen LogP contribution in [0.3, 0.4) is 0 Å². The molecule has 10 rings (SSSR count). The number of hydrogen-bond acceptors (Lipinski definition) is 1. The molecule has 1 aliphatic carbocycles. The molecule has 9 aromatic carbocycles. The van der Waals surface area contributed by atoms with E-state index in [1.165, 1.54) is 66.8 Å². The SMILES string of the molecule is c1ccc(-c2ccc(N(c3ccccc3)c3ccc(-c4ccccc4)cc3-c3cccc4c3-c3ccccc3C4(c3ccccc3)c3ccccc3)cc2)cc1. The fourth-order valence-corrected chi connectivity index (χ4v) is 8.91. The number of para-hydroxylation sites is 1. The van der Waals surface area contributed by atoms with Crippen LogP contribution in [0.15, 0.2) is 237 Å². The fourth-order valence-electron chi connectivity index (χ4n) is 8.91. The van der Waals surface area contributed by atoms with Crippen LogP contribution in [0.5, 0.6) is 0 Å². The number of benzene rings is 9. The maximum Gasteiger partial charge on any atom is 0.0713 e. The lowest BCUT2D eigenvalue weighted by atomic mass is 9.67. The number of rotatable bonds is 8. The summed E-state index contributed by atoms with van der Waals surface area (Å²) in [5.74, 6) is 0. The number of hydrogen-bond donors (Lipinski definition) is 0. The molecule has 0 radical (unpaired) electrons. The molecule has 0 heterocycles. The van der Waals surface area contributed by atoms with Crippen molar-refractivity contribution in [2.45, 2.75) is 5.41 Å². The summed E-state index contributed by atoms with van der Waals surface area (Å²) in [5, 5.41) is 0. The first-order valence-electron chi connectivity index (χ1n) is 19.4. The minimum Gasteiger partial charge on any atom is -0.310 e. The van der Waals surface area contributed by atoms with Crippen molar-refractivity contribution in [3.8, 4) is 44.5 Å². The Morgan fingerprint density at radius 1 is 0.286 bits per heavy atom. The summed E-state index contributed by atoms with van der Waals surface area (Å²) in [7, 11) is 0. The zero-order valence-electron chi connectivity index (χ0n) is 31.0. The standard InChI is InChI=1S/C55H39N/c1-6-19-40(20-7-1)42-33-36-47(37-34-42)56(46-27-14-5-15-28-46)53-38-35-43(41-21-8-2-9-22-41)39-50(53)48-30-18-32-52-54(48)49-29-16-17-31-51(49)55(52,44-23-10-3-11-24-44)45-25-12-4-13-26-45/h1-39H. The van der Waals surface area contributed by atoms with Gasteiger partial charge in [0, 0.05) is 16.9 Å². The lowest BCUT2D eigenvalue weighted by Gasteiger charge is -2.34. The molecule has 0 saturated carbocycles. The highest BCUT2D eigenvalue weighted by molar-refractivity contribution is 6.01. The van der Waals surface area contributed by atoms with Crippen molar-refractivity contribution in [1.29, 1.82) is 0 Å². The summed E-state index contributed by atoms with van der Waals surface area (Å²) in [6, 6.07) is 86.2. The zero-order valence-corrected chi connectivity index (χ0v) is 31.0. The van der Waals surface area contributed by atoms with Crippen LogP contribution in [0.25, 0.3) is 44.5 Å². The summed E-state index contributed by atoms with van der Waals surface area (Å²) in [6.45, 7) is 0. The van der Waals surface area contributed by atoms with Crippen molar-refractivity contribution in [2.75, 3.05) is 4.90 Å². The summed E-state index contributed by atoms with van der Waals surface area (Å²) in [5.41, 5.74) is 17.6. The normalized spacial score (nSPS) is 12.4. The molecule has 56 heavy (non-hydrogen) atoms. The molecule has 0 bridgehead atoms. The van der Waals surface area contributed by atoms with Crippen LogP contribution in [0, 0.1) is 0 Å². The topological polar surface area (TPSA) is 3.24 Å². The first-order valence-corrected chi connectivity index (χ1v) is 19.4. The van der Waals surface area contributed by atoms with Crippen molar-refractivity contribution >= 4 is 17.1 Å². The van der Waals surface area contributed by atoms with Crippen LogP contribution >= 0.6 is 0 Å². The van der Waals surface area contributed by atoms with Gasteiger partial charge in [-0.1, -0.05) is 200 Å². The Balaban J connectivity index is 1.26. The Kier molecular flexibility index (Phi) is 8.46. The highest BCUT2D eigenvalue weighted by Gasteiger charge is 2.46. The minimum absolute atomic E-state index is 0.492. The van der Waals surface area contributed by atoms with Crippen LogP contribution in [0.4, 0.5) is 17.1 Å². The summed E-state index contributed by atoms with van der Waals surface area (Å²) in [6.07, 6.45) is 0. The highest BCUT2D eigenvalue weighted by atomic mass is 15.1. The van der Waals surface area contributed by atoms with Crippen molar-refractivity contribution in [3.05, 3.63) is 259 Å². The number of fused-ring (bicyclic) bond motifs is 3. The van der Waals surface area contributed by atoms with Gasteiger partial charge in [-0.3, -0.25) is 0 Å². The minimum atomic E-state index is -0.492. The second-order valence-corrected chi connectivity index (χ2v) is 14.4. The third kappa shape index (κ3) is 5.56. The van der Waals surface area contributed by atoms with Crippen LogP contribution in [0.2, 0.25) is 0 Å². The lowest BCUT2D eigenvalue weighted by molar-refractivity contribution is 0.768. The maximum absolute atomic E-state index is 2.42. The predicted octanol–water partition coefficient (Wildman–Crippen LogP) is 14.5. The van der Waals surface area contributed by atoms with Crippen molar-refractivity contribution in [2.24, 2.45) is 0 Å². The monoisotopic (exact) mass is 713 g/mol. The van der Waals surface area contributed by atoms with Gasteiger partial charge >= 0.3 is 0 Å². The number of anilines is 3. The van der Waals surface area contributed by atoms with E-state index in [0.717, 1.165) is 17.1 Å². The smallest absolute Gasteiger partial charge is 0.0713 e. The maximum atomic E-state index is 2.42.